The number of hydrogen-bond donors (Lipinski definition) is 1. The summed E-state index contributed by atoms with van der Waals surface area (Å²) >= 11 is 7.75. The van der Waals surface area contributed by atoms with E-state index in [1.807, 2.05) is 60.0 Å². The fourth-order valence-electron chi connectivity index (χ4n) is 5.22. The lowest BCUT2D eigenvalue weighted by Gasteiger charge is -2.33. The molecule has 0 bridgehead atoms. The zero-order valence-electron chi connectivity index (χ0n) is 21.6. The molecule has 3 atom stereocenters. The van der Waals surface area contributed by atoms with E-state index in [1.165, 1.54) is 23.3 Å². The Kier molecular flexibility index (Phi) is 8.36. The first kappa shape index (κ1) is 26.7. The van der Waals surface area contributed by atoms with Crippen molar-refractivity contribution in [2.45, 2.75) is 62.0 Å². The molecule has 1 fully saturated rings. The van der Waals surface area contributed by atoms with Gasteiger partial charge < -0.3 is 9.47 Å². The molecule has 3 aromatic rings. The number of nitrogens with one attached hydrogen (secondary N) is 1. The highest BCUT2D eigenvalue weighted by molar-refractivity contribution is 7.97. The predicted octanol–water partition coefficient (Wildman–Crippen LogP) is 6.82. The number of carbonyl (C=O) groups excluding carboxylic acids is 1. The second-order valence-electron chi connectivity index (χ2n) is 10.1. The molecule has 5 rings (SSSR count). The average Bonchev–Trinajstić information content (AvgIpc) is 3.50. The van der Waals surface area contributed by atoms with Gasteiger partial charge in [-0.05, 0) is 84.2 Å². The Labute approximate surface area is 232 Å². The molecule has 8 heteroatoms. The predicted molar refractivity (Wildman–Crippen MR) is 151 cm³/mol. The van der Waals surface area contributed by atoms with Crippen molar-refractivity contribution in [3.8, 4) is 0 Å². The first-order chi connectivity index (χ1) is 18.4. The summed E-state index contributed by atoms with van der Waals surface area (Å²) < 4.78 is 19.4. The number of fused-ring (bicyclic) bond motifs is 1. The van der Waals surface area contributed by atoms with Crippen molar-refractivity contribution in [1.82, 2.24) is 19.2 Å². The van der Waals surface area contributed by atoms with Gasteiger partial charge in [-0.3, -0.25) is 9.52 Å². The van der Waals surface area contributed by atoms with Gasteiger partial charge in [0.25, 0.3) is 0 Å². The molecule has 38 heavy (non-hydrogen) atoms. The van der Waals surface area contributed by atoms with Crippen LogP contribution in [0.5, 0.6) is 0 Å². The van der Waals surface area contributed by atoms with Crippen molar-refractivity contribution in [3.05, 3.63) is 106 Å². The minimum Gasteiger partial charge on any atom is -0.337 e. The monoisotopic (exact) mass is 550 g/mol. The molecule has 0 saturated heterocycles. The SMILES string of the molecule is CC(CC(=O)N(Cc1nccn1C)C1C=C2C(=CC1)CCC2NSc1cccc(Cl)c1)c1cccc(F)c1. The van der Waals surface area contributed by atoms with Gasteiger partial charge in [-0.15, -0.1) is 0 Å². The molecule has 2 aliphatic rings. The minimum absolute atomic E-state index is 0.0410. The van der Waals surface area contributed by atoms with Crippen molar-refractivity contribution in [2.75, 3.05) is 0 Å². The number of imidazole rings is 1. The topological polar surface area (TPSA) is 50.2 Å². The van der Waals surface area contributed by atoms with E-state index in [-0.39, 0.29) is 29.7 Å². The number of aryl methyl sites for hydroxylation is 1. The van der Waals surface area contributed by atoms with Gasteiger partial charge in [0.05, 0.1) is 12.6 Å². The summed E-state index contributed by atoms with van der Waals surface area (Å²) in [7, 11) is 1.95. The van der Waals surface area contributed by atoms with E-state index in [0.717, 1.165) is 40.6 Å². The van der Waals surface area contributed by atoms with Crippen LogP contribution in [0.25, 0.3) is 0 Å². The number of amides is 1. The van der Waals surface area contributed by atoms with E-state index >= 15 is 0 Å². The zero-order chi connectivity index (χ0) is 26.6. The first-order valence-electron chi connectivity index (χ1n) is 13.0. The Balaban J connectivity index is 1.35. The molecule has 0 radical (unpaired) electrons. The molecule has 5 nitrogen and oxygen atoms in total. The van der Waals surface area contributed by atoms with Crippen molar-refractivity contribution >= 4 is 29.5 Å². The van der Waals surface area contributed by atoms with Gasteiger partial charge in [0.15, 0.2) is 0 Å². The number of carbonyl (C=O) groups is 1. The number of halogens is 2. The van der Waals surface area contributed by atoms with Crippen molar-refractivity contribution in [3.63, 3.8) is 0 Å². The molecule has 1 saturated carbocycles. The molecule has 0 spiro atoms. The summed E-state index contributed by atoms with van der Waals surface area (Å²) in [5.41, 5.74) is 3.46. The lowest BCUT2D eigenvalue weighted by atomic mass is 9.93. The van der Waals surface area contributed by atoms with E-state index in [4.69, 9.17) is 11.6 Å². The number of nitrogens with zero attached hydrogens (tertiary/aromatic N) is 3. The first-order valence-corrected chi connectivity index (χ1v) is 14.2. The Bertz CT molecular complexity index is 1370. The Morgan fingerprint density at radius 2 is 2.13 bits per heavy atom. The van der Waals surface area contributed by atoms with Crippen LogP contribution in [-0.4, -0.2) is 32.4 Å². The van der Waals surface area contributed by atoms with Gasteiger partial charge in [-0.2, -0.15) is 0 Å². The van der Waals surface area contributed by atoms with E-state index in [2.05, 4.69) is 21.9 Å². The summed E-state index contributed by atoms with van der Waals surface area (Å²) in [5, 5.41) is 0.719. The molecule has 1 heterocycles. The molecule has 1 amide bonds. The number of aromatic nitrogens is 2. The van der Waals surface area contributed by atoms with Crippen LogP contribution in [0.2, 0.25) is 5.02 Å². The summed E-state index contributed by atoms with van der Waals surface area (Å²) in [6.45, 7) is 2.40. The fourth-order valence-corrected chi connectivity index (χ4v) is 6.33. The number of hydrogen-bond acceptors (Lipinski definition) is 4. The smallest absolute Gasteiger partial charge is 0.224 e. The quantitative estimate of drug-likeness (QED) is 0.297. The normalized spacial score (nSPS) is 19.5. The second-order valence-corrected chi connectivity index (χ2v) is 11.4. The highest BCUT2D eigenvalue weighted by Crippen LogP contribution is 2.38. The van der Waals surface area contributed by atoms with Crippen molar-refractivity contribution in [1.29, 1.82) is 0 Å². The van der Waals surface area contributed by atoms with Crippen LogP contribution in [0.4, 0.5) is 4.39 Å². The highest BCUT2D eigenvalue weighted by Gasteiger charge is 2.33. The third-order valence-electron chi connectivity index (χ3n) is 7.39. The van der Waals surface area contributed by atoms with Gasteiger partial charge in [-0.1, -0.05) is 48.9 Å². The van der Waals surface area contributed by atoms with Crippen LogP contribution in [0.15, 0.2) is 89.1 Å². The zero-order valence-corrected chi connectivity index (χ0v) is 23.2. The molecular formula is C30H32ClFN4OS. The van der Waals surface area contributed by atoms with Gasteiger partial charge in [0.2, 0.25) is 5.91 Å². The fraction of sp³-hybridized carbons (Fsp3) is 0.333. The summed E-state index contributed by atoms with van der Waals surface area (Å²) in [5.74, 6) is 0.498. The van der Waals surface area contributed by atoms with Gasteiger partial charge in [0, 0.05) is 41.8 Å². The molecular weight excluding hydrogens is 519 g/mol. The number of benzene rings is 2. The van der Waals surface area contributed by atoms with Crippen LogP contribution in [0.1, 0.15) is 49.9 Å². The maximum Gasteiger partial charge on any atom is 0.224 e. The lowest BCUT2D eigenvalue weighted by molar-refractivity contribution is -0.133. The van der Waals surface area contributed by atoms with Crippen molar-refractivity contribution in [2.24, 2.45) is 7.05 Å². The van der Waals surface area contributed by atoms with Gasteiger partial charge in [0.1, 0.15) is 11.6 Å². The highest BCUT2D eigenvalue weighted by atomic mass is 35.5. The second kappa shape index (κ2) is 11.9. The van der Waals surface area contributed by atoms with Crippen LogP contribution in [-0.2, 0) is 18.4 Å². The largest absolute Gasteiger partial charge is 0.337 e. The third kappa shape index (κ3) is 6.22. The van der Waals surface area contributed by atoms with Crippen molar-refractivity contribution < 1.29 is 9.18 Å². The molecule has 2 aromatic carbocycles. The molecule has 1 aromatic heterocycles. The maximum absolute atomic E-state index is 13.8. The lowest BCUT2D eigenvalue weighted by Crippen LogP contribution is -2.41. The molecule has 0 aliphatic heterocycles. The standard InChI is InChI=1S/C30H32ClFN4OS/c1-20(22-5-3-7-24(32)16-22)15-30(37)36(19-29-33-13-14-35(29)2)25-11-9-21-10-12-28(27(21)18-25)34-38-26-8-4-6-23(31)17-26/h3-9,13-14,16-18,20,25,28,34H,10-12,15,19H2,1-2H3. The Morgan fingerprint density at radius 3 is 2.89 bits per heavy atom. The van der Waals surface area contributed by atoms with E-state index in [1.54, 1.807) is 24.2 Å². The Morgan fingerprint density at radius 1 is 1.29 bits per heavy atom. The minimum atomic E-state index is -0.281. The van der Waals surface area contributed by atoms with Crippen LogP contribution in [0.3, 0.4) is 0 Å². The van der Waals surface area contributed by atoms with E-state index in [0.29, 0.717) is 13.0 Å². The molecule has 198 valence electrons. The van der Waals surface area contributed by atoms with Crippen LogP contribution in [0, 0.1) is 5.82 Å². The summed E-state index contributed by atoms with van der Waals surface area (Å²) in [6.07, 6.45) is 11.3. The molecule has 1 N–H and O–H groups in total. The summed E-state index contributed by atoms with van der Waals surface area (Å²) in [4.78, 5) is 21.3. The third-order valence-corrected chi connectivity index (χ3v) is 8.52. The van der Waals surface area contributed by atoms with Gasteiger partial charge >= 0.3 is 0 Å². The summed E-state index contributed by atoms with van der Waals surface area (Å²) in [6, 6.07) is 14.5. The van der Waals surface area contributed by atoms with Gasteiger partial charge in [-0.25, -0.2) is 9.37 Å². The number of rotatable bonds is 9. The Hall–Kier alpha value is -2.87. The van der Waals surface area contributed by atoms with E-state index in [9.17, 15) is 9.18 Å². The van der Waals surface area contributed by atoms with E-state index < -0.39 is 0 Å². The maximum atomic E-state index is 13.8. The molecule has 3 unspecified atom stereocenters. The van der Waals surface area contributed by atoms with Crippen LogP contribution < -0.4 is 4.72 Å². The molecule has 2 aliphatic carbocycles. The van der Waals surface area contributed by atoms with Crippen LogP contribution >= 0.6 is 23.5 Å². The average molecular weight is 551 g/mol.